The Morgan fingerprint density at radius 2 is 2.08 bits per heavy atom. The minimum atomic E-state index is -0.425. The highest BCUT2D eigenvalue weighted by Crippen LogP contribution is 2.27. The first-order chi connectivity index (χ1) is 11.7. The number of fused-ring (bicyclic) bond motifs is 2. The molecule has 24 heavy (non-hydrogen) atoms. The molecule has 120 valence electrons. The lowest BCUT2D eigenvalue weighted by Crippen LogP contribution is -2.00. The van der Waals surface area contributed by atoms with E-state index in [1.165, 1.54) is 11.3 Å². The third-order valence-electron chi connectivity index (χ3n) is 3.77. The molecule has 0 saturated carbocycles. The number of benzene rings is 2. The zero-order chi connectivity index (χ0) is 16.5. The van der Waals surface area contributed by atoms with Crippen molar-refractivity contribution >= 4 is 44.6 Å². The molecule has 2 aromatic carbocycles. The van der Waals surface area contributed by atoms with Crippen LogP contribution >= 0.6 is 11.3 Å². The van der Waals surface area contributed by atoms with Crippen LogP contribution in [0.15, 0.2) is 42.6 Å². The lowest BCUT2D eigenvalue weighted by atomic mass is 10.1. The number of phenolic OH excluding ortho intramolecular Hbond substituents is 1. The number of halogens is 1. The van der Waals surface area contributed by atoms with E-state index in [1.807, 2.05) is 36.4 Å². The van der Waals surface area contributed by atoms with E-state index < -0.39 is 6.67 Å². The molecule has 0 fully saturated rings. The quantitative estimate of drug-likeness (QED) is 0.596. The van der Waals surface area contributed by atoms with Gasteiger partial charge in [0.05, 0.1) is 28.5 Å². The van der Waals surface area contributed by atoms with Gasteiger partial charge in [0.1, 0.15) is 17.4 Å². The van der Waals surface area contributed by atoms with Crippen molar-refractivity contribution in [2.45, 2.75) is 6.54 Å². The predicted molar refractivity (Wildman–Crippen MR) is 95.9 cm³/mol. The third kappa shape index (κ3) is 2.76. The Kier molecular flexibility index (Phi) is 3.74. The Bertz CT molecular complexity index is 1050. The molecule has 0 radical (unpaired) electrons. The normalized spacial score (nSPS) is 11.9. The topological polar surface area (TPSA) is 50.9 Å². The van der Waals surface area contributed by atoms with E-state index in [9.17, 15) is 9.50 Å². The first-order valence-corrected chi connectivity index (χ1v) is 8.34. The van der Waals surface area contributed by atoms with Crippen molar-refractivity contribution in [3.05, 3.63) is 53.2 Å². The second kappa shape index (κ2) is 6.05. The largest absolute Gasteiger partial charge is 0.508 e. The first-order valence-electron chi connectivity index (χ1n) is 7.52. The monoisotopic (exact) mass is 339 g/mol. The van der Waals surface area contributed by atoms with Gasteiger partial charge >= 0.3 is 0 Å². The van der Waals surface area contributed by atoms with Gasteiger partial charge in [-0.05, 0) is 42.0 Å². The maximum absolute atomic E-state index is 12.5. The van der Waals surface area contributed by atoms with Gasteiger partial charge in [0, 0.05) is 5.39 Å². The number of aromatic nitrogens is 3. The molecular weight excluding hydrogens is 325 g/mol. The zero-order valence-corrected chi connectivity index (χ0v) is 13.5. The van der Waals surface area contributed by atoms with Gasteiger partial charge in [-0.15, -0.1) is 11.3 Å². The van der Waals surface area contributed by atoms with Crippen LogP contribution in [-0.2, 0) is 6.54 Å². The summed E-state index contributed by atoms with van der Waals surface area (Å²) in [5, 5.41) is 15.6. The number of thiazole rings is 1. The van der Waals surface area contributed by atoms with Gasteiger partial charge in [-0.3, -0.25) is 4.68 Å². The summed E-state index contributed by atoms with van der Waals surface area (Å²) in [7, 11) is 0. The van der Waals surface area contributed by atoms with Crippen LogP contribution in [-0.4, -0.2) is 26.5 Å². The summed E-state index contributed by atoms with van der Waals surface area (Å²) >= 11 is 1.53. The molecular formula is C18H14FN3OS. The summed E-state index contributed by atoms with van der Waals surface area (Å²) in [6.45, 7) is -0.150. The van der Waals surface area contributed by atoms with Crippen molar-refractivity contribution in [3.63, 3.8) is 0 Å². The lowest BCUT2D eigenvalue weighted by molar-refractivity contribution is 0.433. The molecule has 0 amide bonds. The number of aromatic hydroxyl groups is 1. The highest BCUT2D eigenvalue weighted by Gasteiger charge is 2.04. The summed E-state index contributed by atoms with van der Waals surface area (Å²) in [4.78, 5) is 4.52. The molecule has 0 aliphatic heterocycles. The molecule has 2 aromatic heterocycles. The number of rotatable bonds is 4. The molecule has 1 N–H and O–H groups in total. The fraction of sp³-hybridized carbons (Fsp3) is 0.111. The van der Waals surface area contributed by atoms with Gasteiger partial charge < -0.3 is 5.11 Å². The number of nitrogens with zero attached hydrogens (tertiary/aromatic N) is 3. The maximum atomic E-state index is 12.5. The molecule has 0 bridgehead atoms. The lowest BCUT2D eigenvalue weighted by Gasteiger charge is -1.99. The van der Waals surface area contributed by atoms with Crippen LogP contribution in [0.3, 0.4) is 0 Å². The number of aryl methyl sites for hydroxylation is 1. The Morgan fingerprint density at radius 3 is 2.96 bits per heavy atom. The van der Waals surface area contributed by atoms with Gasteiger partial charge in [0.15, 0.2) is 0 Å². The Morgan fingerprint density at radius 1 is 1.17 bits per heavy atom. The van der Waals surface area contributed by atoms with Crippen LogP contribution in [0.2, 0.25) is 0 Å². The molecule has 0 aliphatic rings. The highest BCUT2D eigenvalue weighted by molar-refractivity contribution is 7.19. The maximum Gasteiger partial charge on any atom is 0.117 e. The van der Waals surface area contributed by atoms with Crippen molar-refractivity contribution in [2.24, 2.45) is 0 Å². The highest BCUT2D eigenvalue weighted by atomic mass is 32.1. The van der Waals surface area contributed by atoms with Crippen LogP contribution in [0.5, 0.6) is 5.75 Å². The van der Waals surface area contributed by atoms with E-state index in [2.05, 4.69) is 10.1 Å². The molecule has 2 heterocycles. The molecule has 4 rings (SSSR count). The zero-order valence-electron chi connectivity index (χ0n) is 12.7. The third-order valence-corrected chi connectivity index (χ3v) is 4.75. The minimum Gasteiger partial charge on any atom is -0.508 e. The summed E-state index contributed by atoms with van der Waals surface area (Å²) in [6, 6.07) is 11.1. The van der Waals surface area contributed by atoms with Gasteiger partial charge in [0.2, 0.25) is 0 Å². The Labute approximate surface area is 141 Å². The molecule has 4 nitrogen and oxygen atoms in total. The van der Waals surface area contributed by atoms with Crippen molar-refractivity contribution in [1.29, 1.82) is 0 Å². The number of phenols is 1. The first kappa shape index (κ1) is 14.8. The Balaban J connectivity index is 1.63. The van der Waals surface area contributed by atoms with Gasteiger partial charge in [-0.25, -0.2) is 9.37 Å². The fourth-order valence-electron chi connectivity index (χ4n) is 2.64. The SMILES string of the molecule is Oc1ccc2nc(/C=C/c3ccc4c(cnn4CCF)c3)sc2c1. The molecule has 0 saturated heterocycles. The van der Waals surface area contributed by atoms with Crippen LogP contribution in [0.25, 0.3) is 33.3 Å². The van der Waals surface area contributed by atoms with Crippen LogP contribution in [0.1, 0.15) is 10.6 Å². The predicted octanol–water partition coefficient (Wildman–Crippen LogP) is 4.49. The average Bonchev–Trinajstić information content (AvgIpc) is 3.16. The molecule has 4 aromatic rings. The molecule has 6 heteroatoms. The van der Waals surface area contributed by atoms with Gasteiger partial charge in [-0.2, -0.15) is 5.10 Å². The van der Waals surface area contributed by atoms with E-state index in [0.717, 1.165) is 31.7 Å². The molecule has 0 unspecified atom stereocenters. The van der Waals surface area contributed by atoms with Crippen molar-refractivity contribution in [2.75, 3.05) is 6.67 Å². The minimum absolute atomic E-state index is 0.248. The number of hydrogen-bond donors (Lipinski definition) is 1. The van der Waals surface area contributed by atoms with E-state index in [-0.39, 0.29) is 12.3 Å². The van der Waals surface area contributed by atoms with Gasteiger partial charge in [-0.1, -0.05) is 12.1 Å². The van der Waals surface area contributed by atoms with Crippen molar-refractivity contribution in [1.82, 2.24) is 14.8 Å². The average molecular weight is 339 g/mol. The standard InChI is InChI=1S/C18H14FN3OS/c19-7-8-22-16-5-1-12(9-13(16)11-20-22)2-6-18-21-15-4-3-14(23)10-17(15)24-18/h1-6,9-11,23H,7-8H2/b6-2+. The van der Waals surface area contributed by atoms with E-state index >= 15 is 0 Å². The van der Waals surface area contributed by atoms with Crippen LogP contribution in [0, 0.1) is 0 Å². The van der Waals surface area contributed by atoms with Crippen molar-refractivity contribution in [3.8, 4) is 5.75 Å². The number of hydrogen-bond acceptors (Lipinski definition) is 4. The summed E-state index contributed by atoms with van der Waals surface area (Å²) in [6.07, 6.45) is 5.70. The second-order valence-corrected chi connectivity index (χ2v) is 6.47. The molecule has 0 spiro atoms. The molecule has 0 atom stereocenters. The molecule has 0 aliphatic carbocycles. The van der Waals surface area contributed by atoms with E-state index in [0.29, 0.717) is 0 Å². The van der Waals surface area contributed by atoms with Gasteiger partial charge in [0.25, 0.3) is 0 Å². The smallest absolute Gasteiger partial charge is 0.117 e. The van der Waals surface area contributed by atoms with E-state index in [1.54, 1.807) is 23.0 Å². The summed E-state index contributed by atoms with van der Waals surface area (Å²) < 4.78 is 15.1. The van der Waals surface area contributed by atoms with Crippen molar-refractivity contribution < 1.29 is 9.50 Å². The summed E-state index contributed by atoms with van der Waals surface area (Å²) in [5.74, 6) is 0.248. The second-order valence-electron chi connectivity index (χ2n) is 5.41. The fourth-order valence-corrected chi connectivity index (χ4v) is 3.54. The van der Waals surface area contributed by atoms with Crippen LogP contribution < -0.4 is 0 Å². The number of alkyl halides is 1. The Hall–Kier alpha value is -2.73. The summed E-state index contributed by atoms with van der Waals surface area (Å²) in [5.41, 5.74) is 2.84. The van der Waals surface area contributed by atoms with Crippen LogP contribution in [0.4, 0.5) is 4.39 Å². The van der Waals surface area contributed by atoms with E-state index in [4.69, 9.17) is 0 Å².